The van der Waals surface area contributed by atoms with Crippen molar-refractivity contribution in [2.24, 2.45) is 5.92 Å². The van der Waals surface area contributed by atoms with Gasteiger partial charge in [0.2, 0.25) is 0 Å². The lowest BCUT2D eigenvalue weighted by molar-refractivity contribution is 0.0723. The Labute approximate surface area is 176 Å². The standard InChI is InChI=1S/C23H25ClN2O3/c1-13-8-16-11-26(13)23(28)19-10-18(14(2)20(24)21(19)29-12-16)9-15-4-6-17(7-5-15)22(27)25-3/h4-7,10,13,16H,8-9,11-12H2,1-3H3,(H,25,27)/t13-,16?/m0/s1. The number of rotatable bonds is 3. The van der Waals surface area contributed by atoms with Gasteiger partial charge in [0.05, 0.1) is 17.2 Å². The van der Waals surface area contributed by atoms with E-state index in [2.05, 4.69) is 12.2 Å². The molecular formula is C23H25ClN2O3. The normalized spacial score (nSPS) is 20.6. The molecular weight excluding hydrogens is 388 g/mol. The maximum Gasteiger partial charge on any atom is 0.257 e. The first kappa shape index (κ1) is 19.8. The van der Waals surface area contributed by atoms with Gasteiger partial charge in [-0.05, 0) is 61.6 Å². The summed E-state index contributed by atoms with van der Waals surface area (Å²) in [5.41, 5.74) is 4.12. The maximum absolute atomic E-state index is 13.2. The van der Waals surface area contributed by atoms with E-state index in [0.717, 1.165) is 29.7 Å². The number of carbonyl (C=O) groups excluding carboxylic acids is 2. The highest BCUT2D eigenvalue weighted by Gasteiger charge is 2.37. The van der Waals surface area contributed by atoms with Gasteiger partial charge in [-0.15, -0.1) is 0 Å². The molecule has 4 rings (SSSR count). The molecule has 6 heteroatoms. The molecule has 1 saturated heterocycles. The number of halogens is 1. The molecule has 2 aliphatic heterocycles. The molecule has 2 aromatic carbocycles. The number of nitrogens with zero attached hydrogens (tertiary/aromatic N) is 1. The minimum atomic E-state index is -0.113. The van der Waals surface area contributed by atoms with E-state index < -0.39 is 0 Å². The first-order chi connectivity index (χ1) is 13.9. The number of ether oxygens (including phenoxy) is 1. The summed E-state index contributed by atoms with van der Waals surface area (Å²) in [6, 6.07) is 9.61. The van der Waals surface area contributed by atoms with Crippen LogP contribution in [0.5, 0.6) is 5.75 Å². The smallest absolute Gasteiger partial charge is 0.257 e. The highest BCUT2D eigenvalue weighted by atomic mass is 35.5. The first-order valence-corrected chi connectivity index (χ1v) is 10.3. The second-order valence-corrected chi connectivity index (χ2v) is 8.40. The molecule has 0 aromatic heterocycles. The molecule has 0 radical (unpaired) electrons. The predicted molar refractivity (Wildman–Crippen MR) is 113 cm³/mol. The maximum atomic E-state index is 13.2. The Kier molecular flexibility index (Phi) is 5.26. The minimum Gasteiger partial charge on any atom is -0.491 e. The Hall–Kier alpha value is -2.53. The Balaban J connectivity index is 1.69. The summed E-state index contributed by atoms with van der Waals surface area (Å²) in [6.45, 7) is 5.37. The summed E-state index contributed by atoms with van der Waals surface area (Å²) in [5.74, 6) is 0.749. The second-order valence-electron chi connectivity index (χ2n) is 8.02. The monoisotopic (exact) mass is 412 g/mol. The Morgan fingerprint density at radius 3 is 2.72 bits per heavy atom. The number of hydrogen-bond donors (Lipinski definition) is 1. The van der Waals surface area contributed by atoms with E-state index in [4.69, 9.17) is 16.3 Å². The summed E-state index contributed by atoms with van der Waals surface area (Å²) >= 11 is 6.66. The summed E-state index contributed by atoms with van der Waals surface area (Å²) in [7, 11) is 1.61. The van der Waals surface area contributed by atoms with Crippen molar-refractivity contribution in [1.82, 2.24) is 10.2 Å². The zero-order chi connectivity index (χ0) is 20.7. The van der Waals surface area contributed by atoms with Gasteiger partial charge in [-0.25, -0.2) is 0 Å². The Morgan fingerprint density at radius 2 is 2.03 bits per heavy atom. The SMILES string of the molecule is CNC(=O)c1ccc(Cc2cc3c(c(Cl)c2C)OCC2C[C@H](C)N(C2)C3=O)cc1. The Bertz CT molecular complexity index is 971. The number of hydrogen-bond acceptors (Lipinski definition) is 3. The van der Waals surface area contributed by atoms with Crippen LogP contribution in [0.2, 0.25) is 5.02 Å². The predicted octanol–water partition coefficient (Wildman–Crippen LogP) is 3.84. The number of carbonyl (C=O) groups is 2. The van der Waals surface area contributed by atoms with E-state index in [0.29, 0.717) is 40.8 Å². The molecule has 2 aromatic rings. The average molecular weight is 413 g/mol. The van der Waals surface area contributed by atoms with Crippen molar-refractivity contribution in [3.63, 3.8) is 0 Å². The largest absolute Gasteiger partial charge is 0.491 e. The van der Waals surface area contributed by atoms with Crippen LogP contribution in [0.3, 0.4) is 0 Å². The third kappa shape index (κ3) is 3.60. The lowest BCUT2D eigenvalue weighted by Gasteiger charge is -2.26. The third-order valence-electron chi connectivity index (χ3n) is 6.03. The van der Waals surface area contributed by atoms with Gasteiger partial charge in [-0.3, -0.25) is 9.59 Å². The summed E-state index contributed by atoms with van der Waals surface area (Å²) in [5, 5.41) is 3.14. The highest BCUT2D eigenvalue weighted by molar-refractivity contribution is 6.33. The van der Waals surface area contributed by atoms with Crippen LogP contribution in [-0.4, -0.2) is 43.0 Å². The van der Waals surface area contributed by atoms with Crippen LogP contribution in [0.4, 0.5) is 0 Å². The van der Waals surface area contributed by atoms with Crippen LogP contribution in [0.25, 0.3) is 0 Å². The fraction of sp³-hybridized carbons (Fsp3) is 0.391. The first-order valence-electron chi connectivity index (χ1n) is 9.95. The van der Waals surface area contributed by atoms with Crippen molar-refractivity contribution in [3.05, 3.63) is 63.2 Å². The van der Waals surface area contributed by atoms with Crippen molar-refractivity contribution in [2.45, 2.75) is 32.7 Å². The molecule has 1 fully saturated rings. The van der Waals surface area contributed by atoms with Crippen LogP contribution in [0.1, 0.15) is 50.8 Å². The molecule has 5 nitrogen and oxygen atoms in total. The van der Waals surface area contributed by atoms with E-state index >= 15 is 0 Å². The lowest BCUT2D eigenvalue weighted by atomic mass is 9.96. The van der Waals surface area contributed by atoms with Gasteiger partial charge in [0.1, 0.15) is 0 Å². The number of fused-ring (bicyclic) bond motifs is 3. The van der Waals surface area contributed by atoms with Crippen LogP contribution < -0.4 is 10.1 Å². The molecule has 0 spiro atoms. The molecule has 2 amide bonds. The molecule has 2 atom stereocenters. The second kappa shape index (κ2) is 7.71. The zero-order valence-corrected chi connectivity index (χ0v) is 17.7. The number of nitrogens with one attached hydrogen (secondary N) is 1. The number of benzene rings is 2. The quantitative estimate of drug-likeness (QED) is 0.833. The van der Waals surface area contributed by atoms with Gasteiger partial charge in [0.15, 0.2) is 5.75 Å². The van der Waals surface area contributed by atoms with E-state index in [1.807, 2.05) is 30.0 Å². The highest BCUT2D eigenvalue weighted by Crippen LogP contribution is 2.39. The van der Waals surface area contributed by atoms with Gasteiger partial charge >= 0.3 is 0 Å². The fourth-order valence-corrected chi connectivity index (χ4v) is 4.58. The van der Waals surface area contributed by atoms with Crippen LogP contribution in [0, 0.1) is 12.8 Å². The topological polar surface area (TPSA) is 58.6 Å². The summed E-state index contributed by atoms with van der Waals surface area (Å²) < 4.78 is 6.02. The van der Waals surface area contributed by atoms with Crippen LogP contribution >= 0.6 is 11.6 Å². The lowest BCUT2D eigenvalue weighted by Crippen LogP contribution is -2.36. The van der Waals surface area contributed by atoms with Crippen molar-refractivity contribution in [3.8, 4) is 5.75 Å². The molecule has 1 unspecified atom stereocenters. The summed E-state index contributed by atoms with van der Waals surface area (Å²) in [6.07, 6.45) is 1.58. The molecule has 2 bridgehead atoms. The van der Waals surface area contributed by atoms with E-state index in [-0.39, 0.29) is 17.9 Å². The van der Waals surface area contributed by atoms with Crippen LogP contribution in [0.15, 0.2) is 30.3 Å². The van der Waals surface area contributed by atoms with Crippen molar-refractivity contribution in [1.29, 1.82) is 0 Å². The van der Waals surface area contributed by atoms with E-state index in [9.17, 15) is 9.59 Å². The van der Waals surface area contributed by atoms with Gasteiger partial charge in [-0.2, -0.15) is 0 Å². The molecule has 2 aliphatic rings. The molecule has 0 aliphatic carbocycles. The Morgan fingerprint density at radius 1 is 1.31 bits per heavy atom. The molecule has 29 heavy (non-hydrogen) atoms. The fourth-order valence-electron chi connectivity index (χ4n) is 4.30. The zero-order valence-electron chi connectivity index (χ0n) is 16.9. The van der Waals surface area contributed by atoms with Gasteiger partial charge < -0.3 is 15.0 Å². The van der Waals surface area contributed by atoms with Crippen molar-refractivity contribution >= 4 is 23.4 Å². The van der Waals surface area contributed by atoms with Gasteiger partial charge in [-0.1, -0.05) is 23.7 Å². The van der Waals surface area contributed by atoms with Gasteiger partial charge in [0, 0.05) is 31.1 Å². The average Bonchev–Trinajstić information content (AvgIpc) is 3.11. The number of amides is 2. The molecule has 0 saturated carbocycles. The summed E-state index contributed by atoms with van der Waals surface area (Å²) in [4.78, 5) is 26.9. The molecule has 152 valence electrons. The van der Waals surface area contributed by atoms with Crippen molar-refractivity contribution in [2.75, 3.05) is 20.2 Å². The van der Waals surface area contributed by atoms with Crippen molar-refractivity contribution < 1.29 is 14.3 Å². The van der Waals surface area contributed by atoms with Gasteiger partial charge in [0.25, 0.3) is 11.8 Å². The molecule has 1 N–H and O–H groups in total. The molecule has 2 heterocycles. The van der Waals surface area contributed by atoms with E-state index in [1.54, 1.807) is 19.2 Å². The van der Waals surface area contributed by atoms with E-state index in [1.165, 1.54) is 0 Å². The minimum absolute atomic E-state index is 0.00665. The third-order valence-corrected chi connectivity index (χ3v) is 6.48. The van der Waals surface area contributed by atoms with Crippen LogP contribution in [-0.2, 0) is 6.42 Å².